The predicted molar refractivity (Wildman–Crippen MR) is 93.7 cm³/mol. The van der Waals surface area contributed by atoms with Gasteiger partial charge in [0.05, 0.1) is 6.61 Å². The number of ether oxygens (including phenoxy) is 2. The number of carbonyl (C=O) groups excluding carboxylic acids is 2. The number of hydrogen-bond acceptors (Lipinski definition) is 4. The maximum atomic E-state index is 12.6. The first kappa shape index (κ1) is 17.7. The smallest absolute Gasteiger partial charge is 0.253 e. The normalized spacial score (nSPS) is 20.6. The van der Waals surface area contributed by atoms with Crippen molar-refractivity contribution in [3.8, 4) is 5.75 Å². The molecule has 136 valence electrons. The second kappa shape index (κ2) is 8.34. The van der Waals surface area contributed by atoms with Crippen molar-refractivity contribution < 1.29 is 19.1 Å². The van der Waals surface area contributed by atoms with Crippen LogP contribution in [0.1, 0.15) is 36.5 Å². The van der Waals surface area contributed by atoms with E-state index in [2.05, 4.69) is 6.92 Å². The average Bonchev–Trinajstić information content (AvgIpc) is 3.20. The van der Waals surface area contributed by atoms with Crippen LogP contribution < -0.4 is 4.74 Å². The van der Waals surface area contributed by atoms with Crippen molar-refractivity contribution in [3.05, 3.63) is 29.8 Å². The molecule has 2 saturated heterocycles. The lowest BCUT2D eigenvalue weighted by Gasteiger charge is -2.35. The zero-order chi connectivity index (χ0) is 17.6. The first-order valence-electron chi connectivity index (χ1n) is 9.11. The van der Waals surface area contributed by atoms with E-state index in [0.29, 0.717) is 45.0 Å². The summed E-state index contributed by atoms with van der Waals surface area (Å²) in [7, 11) is 0. The van der Waals surface area contributed by atoms with Crippen LogP contribution in [0.25, 0.3) is 0 Å². The summed E-state index contributed by atoms with van der Waals surface area (Å²) in [5.74, 6) is 0.860. The fraction of sp³-hybridized carbons (Fsp3) is 0.579. The first-order valence-corrected chi connectivity index (χ1v) is 9.11. The van der Waals surface area contributed by atoms with Crippen LogP contribution in [0.2, 0.25) is 0 Å². The molecule has 0 radical (unpaired) electrons. The van der Waals surface area contributed by atoms with E-state index in [4.69, 9.17) is 9.47 Å². The lowest BCUT2D eigenvalue weighted by molar-refractivity contribution is -0.142. The van der Waals surface area contributed by atoms with Gasteiger partial charge in [0.2, 0.25) is 0 Å². The number of benzene rings is 1. The van der Waals surface area contributed by atoms with E-state index in [-0.39, 0.29) is 17.9 Å². The molecule has 25 heavy (non-hydrogen) atoms. The molecule has 2 aliphatic rings. The highest BCUT2D eigenvalue weighted by molar-refractivity contribution is 5.94. The summed E-state index contributed by atoms with van der Waals surface area (Å²) in [6.07, 6.45) is 2.44. The third-order valence-electron chi connectivity index (χ3n) is 4.66. The van der Waals surface area contributed by atoms with E-state index >= 15 is 0 Å². The van der Waals surface area contributed by atoms with Gasteiger partial charge in [0, 0.05) is 38.3 Å². The van der Waals surface area contributed by atoms with Crippen molar-refractivity contribution in [3.63, 3.8) is 0 Å². The highest BCUT2D eigenvalue weighted by atomic mass is 16.5. The van der Waals surface area contributed by atoms with Crippen molar-refractivity contribution in [2.75, 3.05) is 39.4 Å². The van der Waals surface area contributed by atoms with Gasteiger partial charge >= 0.3 is 0 Å². The summed E-state index contributed by atoms with van der Waals surface area (Å²) in [6.45, 7) is 5.67. The molecular weight excluding hydrogens is 320 g/mol. The third kappa shape index (κ3) is 4.31. The summed E-state index contributed by atoms with van der Waals surface area (Å²) in [5.41, 5.74) is 0.655. The Morgan fingerprint density at radius 2 is 1.80 bits per heavy atom. The van der Waals surface area contributed by atoms with E-state index in [1.807, 2.05) is 17.0 Å². The molecule has 1 unspecified atom stereocenters. The summed E-state index contributed by atoms with van der Waals surface area (Å²) >= 11 is 0. The fourth-order valence-corrected chi connectivity index (χ4v) is 3.20. The van der Waals surface area contributed by atoms with Gasteiger partial charge in [0.25, 0.3) is 11.8 Å². The van der Waals surface area contributed by atoms with Crippen LogP contribution in [0.3, 0.4) is 0 Å². The quantitative estimate of drug-likeness (QED) is 0.817. The molecular formula is C19H26N2O4. The van der Waals surface area contributed by atoms with Crippen LogP contribution in [0.5, 0.6) is 5.75 Å². The number of carbonyl (C=O) groups is 2. The molecule has 0 saturated carbocycles. The summed E-state index contributed by atoms with van der Waals surface area (Å²) < 4.78 is 11.0. The standard InChI is InChI=1S/C19H26N2O4/c1-2-13-24-16-7-5-15(6-8-16)18(22)20-9-11-21(12-10-20)19(23)17-4-3-14-25-17/h5-8,17H,2-4,9-14H2,1H3. The predicted octanol–water partition coefficient (Wildman–Crippen LogP) is 1.94. The van der Waals surface area contributed by atoms with Crippen molar-refractivity contribution in [1.29, 1.82) is 0 Å². The van der Waals surface area contributed by atoms with Crippen LogP contribution in [0.4, 0.5) is 0 Å². The molecule has 0 spiro atoms. The van der Waals surface area contributed by atoms with Crippen molar-refractivity contribution >= 4 is 11.8 Å². The van der Waals surface area contributed by atoms with E-state index in [1.165, 1.54) is 0 Å². The molecule has 0 bridgehead atoms. The Labute approximate surface area is 148 Å². The SMILES string of the molecule is CCCOc1ccc(C(=O)N2CCN(C(=O)C3CCCO3)CC2)cc1. The molecule has 2 heterocycles. The Morgan fingerprint density at radius 1 is 1.12 bits per heavy atom. The maximum Gasteiger partial charge on any atom is 0.253 e. The monoisotopic (exact) mass is 346 g/mol. The molecule has 0 N–H and O–H groups in total. The van der Waals surface area contributed by atoms with E-state index < -0.39 is 0 Å². The Balaban J connectivity index is 1.51. The topological polar surface area (TPSA) is 59.1 Å². The molecule has 1 aromatic rings. The molecule has 3 rings (SSSR count). The van der Waals surface area contributed by atoms with Crippen molar-refractivity contribution in [2.24, 2.45) is 0 Å². The van der Waals surface area contributed by atoms with Gasteiger partial charge < -0.3 is 19.3 Å². The van der Waals surface area contributed by atoms with E-state index in [1.54, 1.807) is 17.0 Å². The number of amides is 2. The lowest BCUT2D eigenvalue weighted by Crippen LogP contribution is -2.52. The number of rotatable bonds is 5. The Hall–Kier alpha value is -2.08. The molecule has 1 aromatic carbocycles. The largest absolute Gasteiger partial charge is 0.494 e. The zero-order valence-electron chi connectivity index (χ0n) is 14.8. The van der Waals surface area contributed by atoms with Gasteiger partial charge in [-0.05, 0) is 43.5 Å². The summed E-state index contributed by atoms with van der Waals surface area (Å²) in [6, 6.07) is 7.27. The van der Waals surface area contributed by atoms with Gasteiger partial charge in [-0.15, -0.1) is 0 Å². The van der Waals surface area contributed by atoms with E-state index in [0.717, 1.165) is 25.0 Å². The van der Waals surface area contributed by atoms with Gasteiger partial charge in [-0.2, -0.15) is 0 Å². The van der Waals surface area contributed by atoms with E-state index in [9.17, 15) is 9.59 Å². The Morgan fingerprint density at radius 3 is 2.40 bits per heavy atom. The zero-order valence-corrected chi connectivity index (χ0v) is 14.8. The van der Waals surface area contributed by atoms with Crippen LogP contribution in [0, 0.1) is 0 Å². The van der Waals surface area contributed by atoms with Crippen LogP contribution in [0.15, 0.2) is 24.3 Å². The fourth-order valence-electron chi connectivity index (χ4n) is 3.20. The molecule has 0 aromatic heterocycles. The molecule has 1 atom stereocenters. The Bertz CT molecular complexity index is 588. The maximum absolute atomic E-state index is 12.6. The average molecular weight is 346 g/mol. The van der Waals surface area contributed by atoms with Crippen molar-refractivity contribution in [1.82, 2.24) is 9.80 Å². The lowest BCUT2D eigenvalue weighted by atomic mass is 10.1. The minimum Gasteiger partial charge on any atom is -0.494 e. The van der Waals surface area contributed by atoms with Gasteiger partial charge in [-0.25, -0.2) is 0 Å². The van der Waals surface area contributed by atoms with Crippen LogP contribution in [-0.4, -0.2) is 67.1 Å². The van der Waals surface area contributed by atoms with Gasteiger partial charge in [-0.1, -0.05) is 6.92 Å². The Kier molecular flexibility index (Phi) is 5.91. The molecule has 2 fully saturated rings. The minimum absolute atomic E-state index is 0.00579. The minimum atomic E-state index is -0.280. The number of nitrogens with zero attached hydrogens (tertiary/aromatic N) is 2. The summed E-state index contributed by atoms with van der Waals surface area (Å²) in [4.78, 5) is 28.6. The van der Waals surface area contributed by atoms with Crippen LogP contribution >= 0.6 is 0 Å². The molecule has 0 aliphatic carbocycles. The van der Waals surface area contributed by atoms with Gasteiger partial charge in [0.1, 0.15) is 11.9 Å². The number of hydrogen-bond donors (Lipinski definition) is 0. The van der Waals surface area contributed by atoms with Gasteiger partial charge in [0.15, 0.2) is 0 Å². The molecule has 2 amide bonds. The molecule has 6 nitrogen and oxygen atoms in total. The third-order valence-corrected chi connectivity index (χ3v) is 4.66. The number of piperazine rings is 1. The first-order chi connectivity index (χ1) is 12.2. The van der Waals surface area contributed by atoms with Gasteiger partial charge in [-0.3, -0.25) is 9.59 Å². The second-order valence-electron chi connectivity index (χ2n) is 6.49. The second-order valence-corrected chi connectivity index (χ2v) is 6.49. The highest BCUT2D eigenvalue weighted by Gasteiger charge is 2.31. The van der Waals surface area contributed by atoms with Crippen LogP contribution in [-0.2, 0) is 9.53 Å². The highest BCUT2D eigenvalue weighted by Crippen LogP contribution is 2.18. The molecule has 6 heteroatoms. The molecule has 2 aliphatic heterocycles. The summed E-state index contributed by atoms with van der Waals surface area (Å²) in [5, 5.41) is 0. The van der Waals surface area contributed by atoms with Crippen molar-refractivity contribution in [2.45, 2.75) is 32.3 Å².